The monoisotopic (exact) mass is 351 g/mol. The van der Waals surface area contributed by atoms with Crippen molar-refractivity contribution in [3.63, 3.8) is 0 Å². The van der Waals surface area contributed by atoms with Crippen LogP contribution in [0.15, 0.2) is 23.1 Å². The van der Waals surface area contributed by atoms with Gasteiger partial charge in [-0.25, -0.2) is 13.1 Å². The lowest BCUT2D eigenvalue weighted by molar-refractivity contribution is -0.123. The molecule has 7 nitrogen and oxygen atoms in total. The Morgan fingerprint density at radius 2 is 1.62 bits per heavy atom. The number of benzene rings is 1. The molecule has 24 heavy (non-hydrogen) atoms. The molecule has 130 valence electrons. The molecule has 1 aromatic rings. The van der Waals surface area contributed by atoms with Crippen molar-refractivity contribution >= 4 is 33.2 Å². The summed E-state index contributed by atoms with van der Waals surface area (Å²) in [5.41, 5.74) is 0.697. The molecule has 2 aliphatic rings. The zero-order valence-corrected chi connectivity index (χ0v) is 14.3. The van der Waals surface area contributed by atoms with Crippen molar-refractivity contribution in [1.29, 1.82) is 0 Å². The Bertz CT molecular complexity index is 768. The minimum absolute atomic E-state index is 0.0562. The van der Waals surface area contributed by atoms with E-state index in [1.54, 1.807) is 0 Å². The maximum absolute atomic E-state index is 12.6. The first-order valence-corrected chi connectivity index (χ1v) is 9.58. The molecule has 3 N–H and O–H groups in total. The zero-order chi connectivity index (χ0) is 17.3. The van der Waals surface area contributed by atoms with Crippen molar-refractivity contribution in [3.05, 3.63) is 18.2 Å². The average molecular weight is 351 g/mol. The van der Waals surface area contributed by atoms with E-state index < -0.39 is 21.8 Å². The number of anilines is 2. The third kappa shape index (κ3) is 3.76. The van der Waals surface area contributed by atoms with Gasteiger partial charge in [0.15, 0.2) is 0 Å². The van der Waals surface area contributed by atoms with Crippen LogP contribution in [-0.2, 0) is 19.6 Å². The Labute approximate surface area is 141 Å². The number of hydrogen-bond donors (Lipinski definition) is 3. The van der Waals surface area contributed by atoms with Gasteiger partial charge in [-0.2, -0.15) is 0 Å². The number of carbonyl (C=O) groups is 2. The number of nitrogens with one attached hydrogen (secondary N) is 3. The van der Waals surface area contributed by atoms with Gasteiger partial charge in [-0.1, -0.05) is 6.92 Å². The normalized spacial score (nSPS) is 24.5. The fourth-order valence-electron chi connectivity index (χ4n) is 3.10. The van der Waals surface area contributed by atoms with Crippen LogP contribution in [0.3, 0.4) is 0 Å². The SMILES string of the molecule is CC1CCC(NS(=O)(=O)c2ccc3c(c2)NC(=O)CC(=O)N3)CC1. The van der Waals surface area contributed by atoms with Gasteiger partial charge in [-0.15, -0.1) is 0 Å². The molecule has 1 saturated carbocycles. The Kier molecular flexibility index (Phi) is 4.60. The summed E-state index contributed by atoms with van der Waals surface area (Å²) in [6.45, 7) is 2.17. The minimum atomic E-state index is -3.67. The molecule has 8 heteroatoms. The van der Waals surface area contributed by atoms with Crippen LogP contribution < -0.4 is 15.4 Å². The molecule has 0 unspecified atom stereocenters. The van der Waals surface area contributed by atoms with E-state index in [0.717, 1.165) is 25.7 Å². The van der Waals surface area contributed by atoms with Gasteiger partial charge < -0.3 is 10.6 Å². The van der Waals surface area contributed by atoms with Crippen LogP contribution in [0.25, 0.3) is 0 Å². The molecule has 0 radical (unpaired) electrons. The topological polar surface area (TPSA) is 104 Å². The molecule has 0 bridgehead atoms. The molecule has 1 fully saturated rings. The van der Waals surface area contributed by atoms with E-state index in [0.29, 0.717) is 17.3 Å². The zero-order valence-electron chi connectivity index (χ0n) is 13.5. The summed E-state index contributed by atoms with van der Waals surface area (Å²) < 4.78 is 27.9. The third-order valence-electron chi connectivity index (χ3n) is 4.51. The maximum Gasteiger partial charge on any atom is 0.240 e. The first kappa shape index (κ1) is 16.9. The van der Waals surface area contributed by atoms with E-state index in [4.69, 9.17) is 0 Å². The van der Waals surface area contributed by atoms with E-state index in [9.17, 15) is 18.0 Å². The van der Waals surface area contributed by atoms with Gasteiger partial charge in [0.25, 0.3) is 0 Å². The van der Waals surface area contributed by atoms with Crippen LogP contribution in [0.4, 0.5) is 11.4 Å². The van der Waals surface area contributed by atoms with Crippen LogP contribution in [0.2, 0.25) is 0 Å². The van der Waals surface area contributed by atoms with Crippen molar-refractivity contribution in [2.24, 2.45) is 5.92 Å². The lowest BCUT2D eigenvalue weighted by Crippen LogP contribution is -2.37. The van der Waals surface area contributed by atoms with E-state index in [1.807, 2.05) is 0 Å². The second kappa shape index (κ2) is 6.52. The Morgan fingerprint density at radius 1 is 1.00 bits per heavy atom. The standard InChI is InChI=1S/C16H21N3O4S/c1-10-2-4-11(5-3-10)19-24(22,23)12-6-7-13-14(8-12)18-16(21)9-15(20)17-13/h6-8,10-11,19H,2-5,9H2,1H3,(H,17,20)(H,18,21). The molecule has 2 amide bonds. The lowest BCUT2D eigenvalue weighted by atomic mass is 9.88. The highest BCUT2D eigenvalue weighted by Crippen LogP contribution is 2.29. The first-order valence-electron chi connectivity index (χ1n) is 8.09. The van der Waals surface area contributed by atoms with Crippen LogP contribution >= 0.6 is 0 Å². The van der Waals surface area contributed by atoms with Crippen LogP contribution in [0, 0.1) is 5.92 Å². The highest BCUT2D eigenvalue weighted by molar-refractivity contribution is 7.89. The van der Waals surface area contributed by atoms with E-state index in [2.05, 4.69) is 22.3 Å². The van der Waals surface area contributed by atoms with Gasteiger partial charge in [0, 0.05) is 6.04 Å². The number of sulfonamides is 1. The lowest BCUT2D eigenvalue weighted by Gasteiger charge is -2.26. The predicted octanol–water partition coefficient (Wildman–Crippen LogP) is 1.82. The van der Waals surface area contributed by atoms with E-state index in [-0.39, 0.29) is 17.4 Å². The minimum Gasteiger partial charge on any atom is -0.324 e. The quantitative estimate of drug-likeness (QED) is 0.723. The van der Waals surface area contributed by atoms with E-state index in [1.165, 1.54) is 18.2 Å². The van der Waals surface area contributed by atoms with Gasteiger partial charge >= 0.3 is 0 Å². The fraction of sp³-hybridized carbons (Fsp3) is 0.500. The summed E-state index contributed by atoms with van der Waals surface area (Å²) in [6, 6.07) is 4.26. The molecule has 1 aliphatic carbocycles. The van der Waals surface area contributed by atoms with Gasteiger partial charge in [-0.05, 0) is 49.8 Å². The molecule has 1 aliphatic heterocycles. The molecule has 0 spiro atoms. The predicted molar refractivity (Wildman–Crippen MR) is 90.1 cm³/mol. The van der Waals surface area contributed by atoms with Crippen molar-refractivity contribution in [2.75, 3.05) is 10.6 Å². The van der Waals surface area contributed by atoms with Crippen LogP contribution in [0.5, 0.6) is 0 Å². The summed E-state index contributed by atoms with van der Waals surface area (Å²) in [4.78, 5) is 23.2. The van der Waals surface area contributed by atoms with Crippen molar-refractivity contribution in [2.45, 2.75) is 50.0 Å². The van der Waals surface area contributed by atoms with Gasteiger partial charge in [0.05, 0.1) is 16.3 Å². The maximum atomic E-state index is 12.6. The largest absolute Gasteiger partial charge is 0.324 e. The highest BCUT2D eigenvalue weighted by Gasteiger charge is 2.26. The number of hydrogen-bond acceptors (Lipinski definition) is 4. The van der Waals surface area contributed by atoms with Gasteiger partial charge in [0.1, 0.15) is 6.42 Å². The summed E-state index contributed by atoms with van der Waals surface area (Å²) in [5.74, 6) is -0.247. The van der Waals surface area contributed by atoms with Gasteiger partial charge in [0.2, 0.25) is 21.8 Å². The Morgan fingerprint density at radius 3 is 2.29 bits per heavy atom. The third-order valence-corrected chi connectivity index (χ3v) is 6.03. The highest BCUT2D eigenvalue weighted by atomic mass is 32.2. The molecule has 1 heterocycles. The number of fused-ring (bicyclic) bond motifs is 1. The summed E-state index contributed by atoms with van der Waals surface area (Å²) in [7, 11) is -3.67. The molecule has 1 aromatic carbocycles. The van der Waals surface area contributed by atoms with Crippen molar-refractivity contribution < 1.29 is 18.0 Å². The number of amides is 2. The Hall–Kier alpha value is -1.93. The second-order valence-electron chi connectivity index (χ2n) is 6.56. The van der Waals surface area contributed by atoms with E-state index >= 15 is 0 Å². The van der Waals surface area contributed by atoms with Crippen LogP contribution in [-0.4, -0.2) is 26.3 Å². The fourth-order valence-corrected chi connectivity index (χ4v) is 4.43. The van der Waals surface area contributed by atoms with Crippen molar-refractivity contribution in [1.82, 2.24) is 4.72 Å². The molecular weight excluding hydrogens is 330 g/mol. The smallest absolute Gasteiger partial charge is 0.240 e. The molecule has 0 saturated heterocycles. The van der Waals surface area contributed by atoms with Crippen molar-refractivity contribution in [3.8, 4) is 0 Å². The average Bonchev–Trinajstić information content (AvgIpc) is 2.64. The van der Waals surface area contributed by atoms with Crippen LogP contribution in [0.1, 0.15) is 39.0 Å². The number of carbonyl (C=O) groups excluding carboxylic acids is 2. The summed E-state index contributed by atoms with van der Waals surface area (Å²) in [5, 5.41) is 5.14. The molecule has 0 aromatic heterocycles. The molecular formula is C16H21N3O4S. The Balaban J connectivity index is 1.81. The van der Waals surface area contributed by atoms with Gasteiger partial charge in [-0.3, -0.25) is 9.59 Å². The molecule has 0 atom stereocenters. The second-order valence-corrected chi connectivity index (χ2v) is 8.27. The summed E-state index contributed by atoms with van der Waals surface area (Å²) >= 11 is 0. The summed E-state index contributed by atoms with van der Waals surface area (Å²) in [6.07, 6.45) is 3.41. The molecule has 3 rings (SSSR count). The first-order chi connectivity index (χ1) is 11.3. The number of rotatable bonds is 3.